The van der Waals surface area contributed by atoms with E-state index < -0.39 is 88.5 Å². The smallest absolute Gasteiger partial charge is 0.384 e. The Morgan fingerprint density at radius 2 is 1.49 bits per heavy atom. The van der Waals surface area contributed by atoms with Crippen LogP contribution >= 0.6 is 0 Å². The van der Waals surface area contributed by atoms with E-state index in [-0.39, 0.29) is 18.2 Å². The van der Waals surface area contributed by atoms with E-state index in [1.807, 2.05) is 4.98 Å². The van der Waals surface area contributed by atoms with Crippen LogP contribution in [0.15, 0.2) is 46.1 Å². The molecule has 202 valence electrons. The number of hydrogen-bond acceptors (Lipinski definition) is 9. The highest BCUT2D eigenvalue weighted by atomic mass is 32.2. The Bertz CT molecular complexity index is 1740. The Kier molecular flexibility index (Phi) is 7.05. The van der Waals surface area contributed by atoms with Crippen LogP contribution in [0, 0.1) is 32.8 Å². The highest BCUT2D eigenvalue weighted by Crippen LogP contribution is 2.41. The first-order valence-electron chi connectivity index (χ1n) is 9.79. The number of nitrogen functional groups attached to an aromatic ring is 1. The molecule has 11 nitrogen and oxygen atoms in total. The molecule has 0 amide bonds. The summed E-state index contributed by atoms with van der Waals surface area (Å²) in [6, 6.07) is 4.12. The maximum atomic E-state index is 13.2. The molecule has 0 saturated heterocycles. The lowest BCUT2D eigenvalue weighted by Gasteiger charge is -2.16. The molecule has 39 heavy (non-hydrogen) atoms. The highest BCUT2D eigenvalue weighted by Gasteiger charge is 2.39. The number of non-ortho nitro benzene ring substituents is 1. The first kappa shape index (κ1) is 28.5. The molecule has 0 radical (unpaired) electrons. The van der Waals surface area contributed by atoms with Gasteiger partial charge in [0.15, 0.2) is 5.75 Å². The summed E-state index contributed by atoms with van der Waals surface area (Å²) in [5.41, 5.74) is -3.46. The number of nitro groups is 1. The monoisotopic (exact) mass is 573 g/mol. The molecule has 0 spiro atoms. The molecule has 0 bridgehead atoms. The number of hydrogen-bond donors (Lipinski definition) is 2. The van der Waals surface area contributed by atoms with Gasteiger partial charge in [-0.2, -0.15) is 45.3 Å². The second kappa shape index (κ2) is 9.65. The molecule has 0 aliphatic carbocycles. The summed E-state index contributed by atoms with van der Waals surface area (Å²) >= 11 is 0. The summed E-state index contributed by atoms with van der Waals surface area (Å²) < 4.78 is 110. The zero-order chi connectivity index (χ0) is 29.5. The number of alkyl halides is 6. The van der Waals surface area contributed by atoms with Crippen molar-refractivity contribution in [3.63, 3.8) is 0 Å². The topological polar surface area (TPSA) is 193 Å². The van der Waals surface area contributed by atoms with Crippen molar-refractivity contribution in [1.29, 1.82) is 10.5 Å². The summed E-state index contributed by atoms with van der Waals surface area (Å²) in [7, 11) is -5.55. The Labute approximate surface area is 212 Å². The van der Waals surface area contributed by atoms with Crippen molar-refractivity contribution in [2.45, 2.75) is 17.2 Å². The molecule has 0 fully saturated rings. The van der Waals surface area contributed by atoms with E-state index in [0.717, 1.165) is 0 Å². The third kappa shape index (κ3) is 5.60. The number of anilines is 1. The number of aromatic nitrogens is 1. The second-order valence-electron chi connectivity index (χ2n) is 7.43. The van der Waals surface area contributed by atoms with Gasteiger partial charge in [-0.3, -0.25) is 14.9 Å². The minimum atomic E-state index is -5.55. The first-order valence-corrected chi connectivity index (χ1v) is 11.2. The zero-order valence-electron chi connectivity index (χ0n) is 18.5. The standard InChI is InChI=1S/C21H9F6N5O6S/c22-20(23,24)9-3-10(21(25,26)27)5-12(4-9)39(36,37)38-16-2-1-11(32(34)35)6-13(16)17-14(7-28)18(30)31-19(33)15(17)8-29/h1-6H,(H3,30,31,33). The van der Waals surface area contributed by atoms with Gasteiger partial charge < -0.3 is 14.9 Å². The number of pyridine rings is 1. The summed E-state index contributed by atoms with van der Waals surface area (Å²) in [6.45, 7) is 0. The van der Waals surface area contributed by atoms with Crippen molar-refractivity contribution >= 4 is 21.6 Å². The van der Waals surface area contributed by atoms with E-state index in [1.165, 1.54) is 12.1 Å². The van der Waals surface area contributed by atoms with Crippen molar-refractivity contribution in [2.24, 2.45) is 0 Å². The average molecular weight is 573 g/mol. The summed E-state index contributed by atoms with van der Waals surface area (Å²) in [5, 5.41) is 30.3. The molecule has 3 rings (SSSR count). The van der Waals surface area contributed by atoms with Gasteiger partial charge in [-0.25, -0.2) is 0 Å². The van der Waals surface area contributed by atoms with Gasteiger partial charge in [0.05, 0.1) is 16.1 Å². The summed E-state index contributed by atoms with van der Waals surface area (Å²) in [4.78, 5) is 22.9. The molecule has 0 aliphatic rings. The molecule has 1 heterocycles. The van der Waals surface area contributed by atoms with Crippen molar-refractivity contribution in [1.82, 2.24) is 4.98 Å². The molecular formula is C21H9F6N5O6S. The lowest BCUT2D eigenvalue weighted by molar-refractivity contribution is -0.384. The van der Waals surface area contributed by atoms with E-state index in [2.05, 4.69) is 0 Å². The zero-order valence-corrected chi connectivity index (χ0v) is 19.3. The average Bonchev–Trinajstić information content (AvgIpc) is 2.82. The number of halogens is 6. The van der Waals surface area contributed by atoms with Crippen LogP contribution in [0.25, 0.3) is 11.1 Å². The van der Waals surface area contributed by atoms with Crippen molar-refractivity contribution < 1.29 is 43.9 Å². The Balaban J connectivity index is 2.35. The van der Waals surface area contributed by atoms with Crippen molar-refractivity contribution in [2.75, 3.05) is 5.73 Å². The fourth-order valence-electron chi connectivity index (χ4n) is 3.25. The van der Waals surface area contributed by atoms with Gasteiger partial charge in [-0.15, -0.1) is 0 Å². The highest BCUT2D eigenvalue weighted by molar-refractivity contribution is 7.87. The van der Waals surface area contributed by atoms with Crippen LogP contribution in [0.5, 0.6) is 5.75 Å². The van der Waals surface area contributed by atoms with Crippen LogP contribution in [-0.2, 0) is 22.5 Å². The third-order valence-electron chi connectivity index (χ3n) is 4.96. The van der Waals surface area contributed by atoms with Gasteiger partial charge in [0, 0.05) is 23.3 Å². The van der Waals surface area contributed by atoms with E-state index in [0.29, 0.717) is 18.2 Å². The van der Waals surface area contributed by atoms with E-state index in [4.69, 9.17) is 9.92 Å². The number of nitro benzene ring substituents is 1. The van der Waals surface area contributed by atoms with Crippen LogP contribution in [-0.4, -0.2) is 18.3 Å². The van der Waals surface area contributed by atoms with Crippen LogP contribution in [0.4, 0.5) is 37.8 Å². The fourth-order valence-corrected chi connectivity index (χ4v) is 4.27. The Morgan fingerprint density at radius 3 is 1.95 bits per heavy atom. The van der Waals surface area contributed by atoms with Gasteiger partial charge >= 0.3 is 22.5 Å². The predicted octanol–water partition coefficient (Wildman–Crippen LogP) is 4.08. The molecule has 18 heteroatoms. The van der Waals surface area contributed by atoms with Crippen LogP contribution in [0.1, 0.15) is 22.3 Å². The largest absolute Gasteiger partial charge is 0.416 e. The molecule has 0 unspecified atom stereocenters. The van der Waals surface area contributed by atoms with Crippen LogP contribution in [0.2, 0.25) is 0 Å². The molecular weight excluding hydrogens is 564 g/mol. The maximum absolute atomic E-state index is 13.2. The van der Waals surface area contributed by atoms with Crippen LogP contribution < -0.4 is 15.5 Å². The number of H-pyrrole nitrogens is 1. The van der Waals surface area contributed by atoms with Crippen molar-refractivity contribution in [3.05, 3.63) is 79.1 Å². The third-order valence-corrected chi connectivity index (χ3v) is 6.17. The van der Waals surface area contributed by atoms with Gasteiger partial charge in [0.25, 0.3) is 11.2 Å². The number of nitriles is 2. The Hall–Kier alpha value is -5.10. The minimum absolute atomic E-state index is 0.137. The molecule has 1 aromatic heterocycles. The van der Waals surface area contributed by atoms with Gasteiger partial charge in [0.1, 0.15) is 34.0 Å². The quantitative estimate of drug-likeness (QED) is 0.196. The number of nitrogens with one attached hydrogen (secondary N) is 1. The van der Waals surface area contributed by atoms with Crippen LogP contribution in [0.3, 0.4) is 0 Å². The van der Waals surface area contributed by atoms with Gasteiger partial charge in [-0.1, -0.05) is 0 Å². The fraction of sp³-hybridized carbons (Fsp3) is 0.0952. The summed E-state index contributed by atoms with van der Waals surface area (Å²) in [6.07, 6.45) is -10.8. The maximum Gasteiger partial charge on any atom is 0.416 e. The molecule has 2 aromatic carbocycles. The number of benzene rings is 2. The normalized spacial score (nSPS) is 11.9. The number of rotatable bonds is 5. The molecule has 3 aromatic rings. The molecule has 3 N–H and O–H groups in total. The minimum Gasteiger partial charge on any atom is -0.384 e. The van der Waals surface area contributed by atoms with E-state index in [9.17, 15) is 60.2 Å². The summed E-state index contributed by atoms with van der Waals surface area (Å²) in [5.74, 6) is -1.64. The van der Waals surface area contributed by atoms with E-state index in [1.54, 1.807) is 0 Å². The van der Waals surface area contributed by atoms with Gasteiger partial charge in [0.2, 0.25) is 0 Å². The van der Waals surface area contributed by atoms with E-state index >= 15 is 0 Å². The van der Waals surface area contributed by atoms with Crippen molar-refractivity contribution in [3.8, 4) is 29.0 Å². The lowest BCUT2D eigenvalue weighted by Crippen LogP contribution is -2.18. The number of nitrogens with zero attached hydrogens (tertiary/aromatic N) is 3. The Morgan fingerprint density at radius 1 is 0.949 bits per heavy atom. The van der Waals surface area contributed by atoms with Gasteiger partial charge in [-0.05, 0) is 24.3 Å². The first-order chi connectivity index (χ1) is 17.9. The number of aromatic amines is 1. The SMILES string of the molecule is N#Cc1c(N)[nH]c(=O)c(C#N)c1-c1cc([N+](=O)[O-])ccc1OS(=O)(=O)c1cc(C(F)(F)F)cc(C(F)(F)F)c1. The number of nitrogens with two attached hydrogens (primary N) is 1. The second-order valence-corrected chi connectivity index (χ2v) is 8.98. The molecule has 0 aliphatic heterocycles. The molecule has 0 atom stereocenters. The lowest BCUT2D eigenvalue weighted by atomic mass is 9.95. The molecule has 0 saturated carbocycles. The predicted molar refractivity (Wildman–Crippen MR) is 117 cm³/mol.